The third-order valence-electron chi connectivity index (χ3n) is 6.11. The van der Waals surface area contributed by atoms with Crippen LogP contribution in [0.1, 0.15) is 35.7 Å². The van der Waals surface area contributed by atoms with Crippen LogP contribution >= 0.6 is 0 Å². The number of carbonyl (C=O) groups is 2. The van der Waals surface area contributed by atoms with Crippen LogP contribution in [-0.4, -0.2) is 40.3 Å². The number of likely N-dealkylation sites (tertiary alicyclic amines) is 1. The second-order valence-electron chi connectivity index (χ2n) is 8.48. The Morgan fingerprint density at radius 1 is 0.970 bits per heavy atom. The molecule has 6 heteroatoms. The van der Waals surface area contributed by atoms with Crippen molar-refractivity contribution in [3.8, 4) is 0 Å². The largest absolute Gasteiger partial charge is 0.347 e. The van der Waals surface area contributed by atoms with Gasteiger partial charge in [0.25, 0.3) is 0 Å². The first-order valence-electron chi connectivity index (χ1n) is 11.5. The fraction of sp³-hybridized carbons (Fsp3) is 0.296. The highest BCUT2D eigenvalue weighted by Crippen LogP contribution is 2.22. The van der Waals surface area contributed by atoms with E-state index in [0.29, 0.717) is 25.8 Å². The Balaban J connectivity index is 1.46. The SMILES string of the molecule is N[C@@H](Cc1ccccc1)C(=O)N1CCC[C@H]1C(=O)N[C@@H](Cc1ccccn1)c1ccccc1. The molecule has 1 fully saturated rings. The van der Waals surface area contributed by atoms with Crippen molar-refractivity contribution >= 4 is 11.8 Å². The number of rotatable bonds is 8. The highest BCUT2D eigenvalue weighted by atomic mass is 16.2. The normalized spacial score (nSPS) is 17.4. The lowest BCUT2D eigenvalue weighted by Crippen LogP contribution is -2.52. The van der Waals surface area contributed by atoms with E-state index in [-0.39, 0.29) is 17.9 Å². The fourth-order valence-electron chi connectivity index (χ4n) is 4.40. The van der Waals surface area contributed by atoms with Crippen molar-refractivity contribution in [3.63, 3.8) is 0 Å². The van der Waals surface area contributed by atoms with Crippen LogP contribution in [0.4, 0.5) is 0 Å². The predicted molar refractivity (Wildman–Crippen MR) is 128 cm³/mol. The van der Waals surface area contributed by atoms with Gasteiger partial charge in [-0.15, -0.1) is 0 Å². The lowest BCUT2D eigenvalue weighted by atomic mass is 10.0. The van der Waals surface area contributed by atoms with E-state index >= 15 is 0 Å². The molecule has 1 saturated heterocycles. The second-order valence-corrected chi connectivity index (χ2v) is 8.48. The Morgan fingerprint density at radius 3 is 2.36 bits per heavy atom. The first kappa shape index (κ1) is 22.7. The van der Waals surface area contributed by atoms with Crippen molar-refractivity contribution in [2.75, 3.05) is 6.54 Å². The van der Waals surface area contributed by atoms with E-state index in [1.54, 1.807) is 11.1 Å². The lowest BCUT2D eigenvalue weighted by Gasteiger charge is -2.28. The summed E-state index contributed by atoms with van der Waals surface area (Å²) in [4.78, 5) is 32.6. The Hall–Kier alpha value is -3.51. The summed E-state index contributed by atoms with van der Waals surface area (Å²) in [5.41, 5.74) is 9.17. The zero-order chi connectivity index (χ0) is 23.0. The molecule has 0 spiro atoms. The fourth-order valence-corrected chi connectivity index (χ4v) is 4.40. The Kier molecular flexibility index (Phi) is 7.47. The number of nitrogens with two attached hydrogens (primary N) is 1. The summed E-state index contributed by atoms with van der Waals surface area (Å²) in [5, 5.41) is 3.18. The summed E-state index contributed by atoms with van der Waals surface area (Å²) in [6.45, 7) is 0.551. The number of hydrogen-bond donors (Lipinski definition) is 2. The van der Waals surface area contributed by atoms with Gasteiger partial charge < -0.3 is 16.0 Å². The average Bonchev–Trinajstić information content (AvgIpc) is 3.35. The summed E-state index contributed by atoms with van der Waals surface area (Å²) >= 11 is 0. The van der Waals surface area contributed by atoms with E-state index in [9.17, 15) is 9.59 Å². The molecule has 33 heavy (non-hydrogen) atoms. The zero-order valence-electron chi connectivity index (χ0n) is 18.6. The third kappa shape index (κ3) is 5.84. The average molecular weight is 443 g/mol. The van der Waals surface area contributed by atoms with Gasteiger partial charge >= 0.3 is 0 Å². The molecule has 0 radical (unpaired) electrons. The van der Waals surface area contributed by atoms with Crippen LogP contribution in [0.5, 0.6) is 0 Å². The molecule has 2 amide bonds. The zero-order valence-corrected chi connectivity index (χ0v) is 18.6. The highest BCUT2D eigenvalue weighted by molar-refractivity contribution is 5.90. The molecule has 0 unspecified atom stereocenters. The summed E-state index contributed by atoms with van der Waals surface area (Å²) in [7, 11) is 0. The van der Waals surface area contributed by atoms with Gasteiger partial charge in [-0.25, -0.2) is 0 Å². The van der Waals surface area contributed by atoms with Crippen LogP contribution in [-0.2, 0) is 22.4 Å². The number of benzene rings is 2. The molecule has 2 aromatic carbocycles. The number of pyridine rings is 1. The molecular weight excluding hydrogens is 412 g/mol. The van der Waals surface area contributed by atoms with Crippen LogP contribution in [0.2, 0.25) is 0 Å². The molecular formula is C27H30N4O2. The van der Waals surface area contributed by atoms with Crippen LogP contribution in [0.15, 0.2) is 85.1 Å². The molecule has 3 N–H and O–H groups in total. The Bertz CT molecular complexity index is 1040. The maximum atomic E-state index is 13.3. The maximum Gasteiger partial charge on any atom is 0.243 e. The maximum absolute atomic E-state index is 13.3. The monoisotopic (exact) mass is 442 g/mol. The number of nitrogens with one attached hydrogen (secondary N) is 1. The van der Waals surface area contributed by atoms with E-state index in [1.165, 1.54) is 0 Å². The predicted octanol–water partition coefficient (Wildman–Crippen LogP) is 3.04. The molecule has 1 aliphatic heterocycles. The first-order valence-corrected chi connectivity index (χ1v) is 11.5. The van der Waals surface area contributed by atoms with E-state index < -0.39 is 12.1 Å². The van der Waals surface area contributed by atoms with Crippen molar-refractivity contribution in [3.05, 3.63) is 102 Å². The smallest absolute Gasteiger partial charge is 0.243 e. The van der Waals surface area contributed by atoms with E-state index in [4.69, 9.17) is 5.73 Å². The van der Waals surface area contributed by atoms with Crippen molar-refractivity contribution in [2.24, 2.45) is 5.73 Å². The third-order valence-corrected chi connectivity index (χ3v) is 6.11. The molecule has 1 aliphatic rings. The number of amides is 2. The molecule has 4 rings (SSSR count). The van der Waals surface area contributed by atoms with E-state index in [2.05, 4.69) is 10.3 Å². The number of hydrogen-bond acceptors (Lipinski definition) is 4. The van der Waals surface area contributed by atoms with Crippen molar-refractivity contribution in [2.45, 2.75) is 43.8 Å². The van der Waals surface area contributed by atoms with Gasteiger partial charge in [-0.1, -0.05) is 66.7 Å². The van der Waals surface area contributed by atoms with Crippen molar-refractivity contribution < 1.29 is 9.59 Å². The molecule has 6 nitrogen and oxygen atoms in total. The van der Waals surface area contributed by atoms with Crippen LogP contribution < -0.4 is 11.1 Å². The molecule has 3 aromatic rings. The number of carbonyl (C=O) groups excluding carboxylic acids is 2. The standard InChI is InChI=1S/C27H30N4O2/c28-23(18-20-10-3-1-4-11-20)27(33)31-17-9-15-25(31)26(32)30-24(21-12-5-2-6-13-21)19-22-14-7-8-16-29-22/h1-8,10-14,16,23-25H,9,15,17-19,28H2,(H,30,32)/t23-,24-,25-/m0/s1. The number of aromatic nitrogens is 1. The van der Waals surface area contributed by atoms with Crippen molar-refractivity contribution in [1.82, 2.24) is 15.2 Å². The van der Waals surface area contributed by atoms with Crippen molar-refractivity contribution in [1.29, 1.82) is 0 Å². The minimum absolute atomic E-state index is 0.141. The first-order chi connectivity index (χ1) is 16.1. The number of nitrogens with zero attached hydrogens (tertiary/aromatic N) is 2. The quantitative estimate of drug-likeness (QED) is 0.561. The second kappa shape index (κ2) is 10.9. The topological polar surface area (TPSA) is 88.3 Å². The van der Waals surface area contributed by atoms with Crippen LogP contribution in [0, 0.1) is 0 Å². The molecule has 2 heterocycles. The molecule has 0 saturated carbocycles. The van der Waals surface area contributed by atoms with Crippen LogP contribution in [0.25, 0.3) is 0 Å². The Morgan fingerprint density at radius 2 is 1.67 bits per heavy atom. The Labute approximate surface area is 194 Å². The minimum Gasteiger partial charge on any atom is -0.347 e. The van der Waals surface area contributed by atoms with Gasteiger partial charge in [-0.2, -0.15) is 0 Å². The highest BCUT2D eigenvalue weighted by Gasteiger charge is 2.37. The molecule has 0 bridgehead atoms. The van der Waals surface area contributed by atoms with Crippen LogP contribution in [0.3, 0.4) is 0 Å². The summed E-state index contributed by atoms with van der Waals surface area (Å²) in [6.07, 6.45) is 4.21. The molecule has 0 aliphatic carbocycles. The lowest BCUT2D eigenvalue weighted by molar-refractivity contribution is -0.139. The van der Waals surface area contributed by atoms with E-state index in [0.717, 1.165) is 23.2 Å². The summed E-state index contributed by atoms with van der Waals surface area (Å²) < 4.78 is 0. The van der Waals surface area contributed by atoms with Gasteiger partial charge in [-0.05, 0) is 42.5 Å². The van der Waals surface area contributed by atoms with Gasteiger partial charge in [-0.3, -0.25) is 14.6 Å². The molecule has 170 valence electrons. The van der Waals surface area contributed by atoms with Gasteiger partial charge in [0.15, 0.2) is 0 Å². The van der Waals surface area contributed by atoms with E-state index in [1.807, 2.05) is 78.9 Å². The van der Waals surface area contributed by atoms with Gasteiger partial charge in [0.2, 0.25) is 11.8 Å². The molecule has 1 aromatic heterocycles. The summed E-state index contributed by atoms with van der Waals surface area (Å²) in [6, 6.07) is 24.0. The minimum atomic E-state index is -0.667. The molecule has 3 atom stereocenters. The van der Waals surface area contributed by atoms with Gasteiger partial charge in [0.05, 0.1) is 12.1 Å². The van der Waals surface area contributed by atoms with Gasteiger partial charge in [0.1, 0.15) is 6.04 Å². The summed E-state index contributed by atoms with van der Waals surface area (Å²) in [5.74, 6) is -0.310. The van der Waals surface area contributed by atoms with Gasteiger partial charge in [0, 0.05) is 24.9 Å².